The molecule has 1 saturated heterocycles. The largest absolute Gasteiger partial charge is 0.391 e. The maximum atomic E-state index is 9.80. The predicted molar refractivity (Wildman–Crippen MR) is 58.7 cm³/mol. The van der Waals surface area contributed by atoms with Crippen LogP contribution in [0, 0.1) is 17.2 Å². The van der Waals surface area contributed by atoms with Gasteiger partial charge >= 0.3 is 0 Å². The van der Waals surface area contributed by atoms with Crippen molar-refractivity contribution in [3.05, 3.63) is 18.1 Å². The number of hydrogen-bond donors (Lipinski definition) is 1. The van der Waals surface area contributed by atoms with Crippen molar-refractivity contribution in [2.75, 3.05) is 18.0 Å². The van der Waals surface area contributed by atoms with Gasteiger partial charge in [0.1, 0.15) is 6.07 Å². The van der Waals surface area contributed by atoms with Crippen LogP contribution in [0.4, 0.5) is 5.82 Å². The SMILES string of the molecule is CC1CCN(c2nccnc2C#N)CC1O. The fourth-order valence-electron chi connectivity index (χ4n) is 1.88. The lowest BCUT2D eigenvalue weighted by Gasteiger charge is -2.35. The van der Waals surface area contributed by atoms with Crippen LogP contribution in [0.3, 0.4) is 0 Å². The number of aromatic nitrogens is 2. The van der Waals surface area contributed by atoms with Crippen molar-refractivity contribution < 1.29 is 5.11 Å². The Kier molecular flexibility index (Phi) is 3.02. The molecule has 84 valence electrons. The molecule has 0 radical (unpaired) electrons. The number of aliphatic hydroxyl groups excluding tert-OH is 1. The molecular formula is C11H14N4O. The van der Waals surface area contributed by atoms with Gasteiger partial charge in [-0.25, -0.2) is 9.97 Å². The van der Waals surface area contributed by atoms with Crippen LogP contribution in [0.5, 0.6) is 0 Å². The summed E-state index contributed by atoms with van der Waals surface area (Å²) in [6.45, 7) is 3.37. The van der Waals surface area contributed by atoms with E-state index in [9.17, 15) is 5.11 Å². The van der Waals surface area contributed by atoms with Crippen LogP contribution in [-0.2, 0) is 0 Å². The van der Waals surface area contributed by atoms with Crippen molar-refractivity contribution in [3.8, 4) is 6.07 Å². The van der Waals surface area contributed by atoms with Crippen molar-refractivity contribution >= 4 is 5.82 Å². The molecule has 1 fully saturated rings. The van der Waals surface area contributed by atoms with E-state index < -0.39 is 0 Å². The summed E-state index contributed by atoms with van der Waals surface area (Å²) in [6, 6.07) is 2.02. The van der Waals surface area contributed by atoms with Gasteiger partial charge in [-0.15, -0.1) is 0 Å². The van der Waals surface area contributed by atoms with Crippen LogP contribution in [0.15, 0.2) is 12.4 Å². The highest BCUT2D eigenvalue weighted by molar-refractivity contribution is 5.49. The van der Waals surface area contributed by atoms with Gasteiger partial charge in [-0.3, -0.25) is 0 Å². The van der Waals surface area contributed by atoms with Gasteiger partial charge in [0, 0.05) is 25.5 Å². The van der Waals surface area contributed by atoms with E-state index in [0.29, 0.717) is 24.0 Å². The van der Waals surface area contributed by atoms with E-state index in [-0.39, 0.29) is 6.10 Å². The molecule has 0 aliphatic carbocycles. The quantitative estimate of drug-likeness (QED) is 0.745. The van der Waals surface area contributed by atoms with E-state index >= 15 is 0 Å². The predicted octanol–water partition coefficient (Wildman–Crippen LogP) is 0.555. The second-order valence-corrected chi connectivity index (χ2v) is 4.12. The number of anilines is 1. The summed E-state index contributed by atoms with van der Waals surface area (Å²) in [5, 5.41) is 18.7. The molecule has 5 nitrogen and oxygen atoms in total. The molecule has 1 N–H and O–H groups in total. The molecule has 2 unspecified atom stereocenters. The molecular weight excluding hydrogens is 204 g/mol. The molecule has 2 atom stereocenters. The molecule has 5 heteroatoms. The number of nitriles is 1. The molecule has 0 spiro atoms. The molecule has 1 aliphatic rings. The van der Waals surface area contributed by atoms with Crippen molar-refractivity contribution in [3.63, 3.8) is 0 Å². The van der Waals surface area contributed by atoms with Crippen LogP contribution < -0.4 is 4.90 Å². The summed E-state index contributed by atoms with van der Waals surface area (Å²) >= 11 is 0. The average molecular weight is 218 g/mol. The van der Waals surface area contributed by atoms with Crippen LogP contribution in [0.1, 0.15) is 19.0 Å². The first-order chi connectivity index (χ1) is 7.72. The topological polar surface area (TPSA) is 73.0 Å². The first kappa shape index (κ1) is 10.8. The molecule has 0 saturated carbocycles. The number of rotatable bonds is 1. The Morgan fingerprint density at radius 2 is 2.25 bits per heavy atom. The molecule has 1 aromatic heterocycles. The molecule has 0 aromatic carbocycles. The van der Waals surface area contributed by atoms with Gasteiger partial charge < -0.3 is 10.0 Å². The third-order valence-corrected chi connectivity index (χ3v) is 3.00. The Morgan fingerprint density at radius 3 is 2.94 bits per heavy atom. The van der Waals surface area contributed by atoms with Crippen molar-refractivity contribution in [1.29, 1.82) is 5.26 Å². The third-order valence-electron chi connectivity index (χ3n) is 3.00. The van der Waals surface area contributed by atoms with Gasteiger partial charge in [-0.05, 0) is 12.3 Å². The number of piperidine rings is 1. The van der Waals surface area contributed by atoms with E-state index in [1.807, 2.05) is 17.9 Å². The maximum absolute atomic E-state index is 9.80. The highest BCUT2D eigenvalue weighted by atomic mass is 16.3. The summed E-state index contributed by atoms with van der Waals surface area (Å²) in [7, 11) is 0. The van der Waals surface area contributed by atoms with Crippen molar-refractivity contribution in [2.45, 2.75) is 19.4 Å². The number of β-amino-alcohol motifs (C(OH)–C–C–N with tert-alkyl or cyclic N) is 1. The fourth-order valence-corrected chi connectivity index (χ4v) is 1.88. The number of hydrogen-bond acceptors (Lipinski definition) is 5. The van der Waals surface area contributed by atoms with Crippen molar-refractivity contribution in [1.82, 2.24) is 9.97 Å². The van der Waals surface area contributed by atoms with E-state index in [0.717, 1.165) is 13.0 Å². The Balaban J connectivity index is 2.22. The van der Waals surface area contributed by atoms with Crippen LogP contribution in [-0.4, -0.2) is 34.3 Å². The fraction of sp³-hybridized carbons (Fsp3) is 0.545. The Hall–Kier alpha value is -1.67. The standard InChI is InChI=1S/C11H14N4O/c1-8-2-5-15(7-10(8)16)11-9(6-12)13-3-4-14-11/h3-4,8,10,16H,2,5,7H2,1H3. The van der Waals surface area contributed by atoms with Crippen molar-refractivity contribution in [2.24, 2.45) is 5.92 Å². The summed E-state index contributed by atoms with van der Waals surface area (Å²) < 4.78 is 0. The summed E-state index contributed by atoms with van der Waals surface area (Å²) in [4.78, 5) is 10.1. The minimum Gasteiger partial charge on any atom is -0.391 e. The first-order valence-electron chi connectivity index (χ1n) is 5.36. The van der Waals surface area contributed by atoms with Gasteiger partial charge in [-0.1, -0.05) is 6.92 Å². The summed E-state index contributed by atoms with van der Waals surface area (Å²) in [6.07, 6.45) is 3.62. The van der Waals surface area contributed by atoms with Gasteiger partial charge in [0.25, 0.3) is 0 Å². The lowest BCUT2D eigenvalue weighted by molar-refractivity contribution is 0.102. The normalized spacial score (nSPS) is 25.2. The van der Waals surface area contributed by atoms with E-state index in [1.165, 1.54) is 6.20 Å². The van der Waals surface area contributed by atoms with Gasteiger partial charge in [0.15, 0.2) is 11.5 Å². The molecule has 1 aromatic rings. The Labute approximate surface area is 94.4 Å². The summed E-state index contributed by atoms with van der Waals surface area (Å²) in [5.41, 5.74) is 0.323. The van der Waals surface area contributed by atoms with Crippen LogP contribution >= 0.6 is 0 Å². The maximum Gasteiger partial charge on any atom is 0.183 e. The number of aliphatic hydroxyl groups is 1. The molecule has 0 amide bonds. The Morgan fingerprint density at radius 1 is 1.50 bits per heavy atom. The van der Waals surface area contributed by atoms with Gasteiger partial charge in [-0.2, -0.15) is 5.26 Å². The molecule has 0 bridgehead atoms. The zero-order chi connectivity index (χ0) is 11.5. The van der Waals surface area contributed by atoms with Gasteiger partial charge in [0.2, 0.25) is 0 Å². The molecule has 1 aliphatic heterocycles. The van der Waals surface area contributed by atoms with E-state index in [1.54, 1.807) is 6.20 Å². The molecule has 2 rings (SSSR count). The summed E-state index contributed by atoms with van der Waals surface area (Å²) in [5.74, 6) is 0.884. The van der Waals surface area contributed by atoms with E-state index in [2.05, 4.69) is 9.97 Å². The zero-order valence-electron chi connectivity index (χ0n) is 9.17. The highest BCUT2D eigenvalue weighted by Gasteiger charge is 2.26. The zero-order valence-corrected chi connectivity index (χ0v) is 9.17. The minimum atomic E-state index is -0.359. The first-order valence-corrected chi connectivity index (χ1v) is 5.36. The average Bonchev–Trinajstić information content (AvgIpc) is 2.32. The smallest absolute Gasteiger partial charge is 0.183 e. The second-order valence-electron chi connectivity index (χ2n) is 4.12. The molecule has 16 heavy (non-hydrogen) atoms. The van der Waals surface area contributed by atoms with Gasteiger partial charge in [0.05, 0.1) is 6.10 Å². The highest BCUT2D eigenvalue weighted by Crippen LogP contribution is 2.22. The second kappa shape index (κ2) is 4.45. The lowest BCUT2D eigenvalue weighted by Crippen LogP contribution is -2.43. The lowest BCUT2D eigenvalue weighted by atomic mass is 9.96. The van der Waals surface area contributed by atoms with Crippen LogP contribution in [0.2, 0.25) is 0 Å². The number of nitrogens with zero attached hydrogens (tertiary/aromatic N) is 4. The minimum absolute atomic E-state index is 0.304. The Bertz CT molecular complexity index is 415. The molecule has 2 heterocycles. The monoisotopic (exact) mass is 218 g/mol. The van der Waals surface area contributed by atoms with Crippen LogP contribution in [0.25, 0.3) is 0 Å². The van der Waals surface area contributed by atoms with E-state index in [4.69, 9.17) is 5.26 Å². The third kappa shape index (κ3) is 1.97.